The maximum atomic E-state index is 12.5. The van der Waals surface area contributed by atoms with Gasteiger partial charge >= 0.3 is 7.60 Å². The van der Waals surface area contributed by atoms with Crippen molar-refractivity contribution in [1.29, 1.82) is 0 Å². The first-order chi connectivity index (χ1) is 7.32. The fourth-order valence-electron chi connectivity index (χ4n) is 3.79. The minimum absolute atomic E-state index is 0.00994. The van der Waals surface area contributed by atoms with Crippen LogP contribution in [0.2, 0.25) is 0 Å². The Labute approximate surface area is 96.9 Å². The second kappa shape index (κ2) is 3.55. The summed E-state index contributed by atoms with van der Waals surface area (Å²) < 4.78 is 22.5. The summed E-state index contributed by atoms with van der Waals surface area (Å²) in [4.78, 5) is 0. The van der Waals surface area contributed by atoms with E-state index in [1.165, 1.54) is 14.2 Å². The second-order valence-corrected chi connectivity index (χ2v) is 8.09. The number of rotatable bonds is 3. The number of hydrogen-bond acceptors (Lipinski definition) is 4. The molecule has 0 aliphatic heterocycles. The zero-order chi connectivity index (χ0) is 12.2. The largest absolute Gasteiger partial charge is 0.377 e. The Hall–Kier alpha value is 0.110. The van der Waals surface area contributed by atoms with E-state index in [-0.39, 0.29) is 11.3 Å². The Kier molecular flexibility index (Phi) is 2.79. The number of aliphatic hydroxyl groups is 1. The normalized spacial score (nSPS) is 41.6. The average Bonchev–Trinajstić information content (AvgIpc) is 2.64. The molecule has 0 amide bonds. The molecule has 1 N–H and O–H groups in total. The Bertz CT molecular complexity index is 333. The highest BCUT2D eigenvalue weighted by molar-refractivity contribution is 7.55. The van der Waals surface area contributed by atoms with Gasteiger partial charge in [-0.25, -0.2) is 0 Å². The van der Waals surface area contributed by atoms with Crippen LogP contribution in [0.5, 0.6) is 0 Å². The van der Waals surface area contributed by atoms with Crippen molar-refractivity contribution in [2.45, 2.75) is 38.5 Å². The van der Waals surface area contributed by atoms with Crippen molar-refractivity contribution in [2.24, 2.45) is 17.3 Å². The van der Waals surface area contributed by atoms with Crippen LogP contribution in [0.4, 0.5) is 0 Å². The van der Waals surface area contributed by atoms with E-state index in [9.17, 15) is 9.67 Å². The smallest absolute Gasteiger partial charge is 0.361 e. The molecule has 0 saturated heterocycles. The Morgan fingerprint density at radius 1 is 1.25 bits per heavy atom. The first-order valence-electron chi connectivity index (χ1n) is 5.76. The van der Waals surface area contributed by atoms with E-state index >= 15 is 0 Å². The average molecular weight is 248 g/mol. The maximum Gasteiger partial charge on any atom is 0.361 e. The lowest BCUT2D eigenvalue weighted by atomic mass is 9.82. The molecule has 0 aromatic carbocycles. The van der Waals surface area contributed by atoms with Gasteiger partial charge in [0.25, 0.3) is 0 Å². The van der Waals surface area contributed by atoms with Crippen LogP contribution in [0.3, 0.4) is 0 Å². The highest BCUT2D eigenvalue weighted by Crippen LogP contribution is 2.74. The van der Waals surface area contributed by atoms with Crippen LogP contribution in [0.25, 0.3) is 0 Å². The van der Waals surface area contributed by atoms with Crippen LogP contribution in [-0.4, -0.2) is 24.7 Å². The molecule has 0 aromatic heterocycles. The first kappa shape index (κ1) is 12.6. The van der Waals surface area contributed by atoms with Crippen LogP contribution < -0.4 is 0 Å². The van der Waals surface area contributed by atoms with Crippen LogP contribution in [-0.2, 0) is 13.6 Å². The molecule has 2 saturated carbocycles. The molecule has 2 rings (SSSR count). The van der Waals surface area contributed by atoms with Gasteiger partial charge in [0.1, 0.15) is 0 Å². The lowest BCUT2D eigenvalue weighted by Crippen LogP contribution is -2.38. The molecule has 0 aromatic rings. The zero-order valence-corrected chi connectivity index (χ0v) is 11.3. The summed E-state index contributed by atoms with van der Waals surface area (Å²) in [6, 6.07) is 0. The highest BCUT2D eigenvalue weighted by atomic mass is 31.2. The van der Waals surface area contributed by atoms with Gasteiger partial charge in [-0.2, -0.15) is 0 Å². The summed E-state index contributed by atoms with van der Waals surface area (Å²) in [6.45, 7) is 4.28. The van der Waals surface area contributed by atoms with E-state index < -0.39 is 12.9 Å². The molecule has 4 nitrogen and oxygen atoms in total. The molecule has 2 aliphatic rings. The van der Waals surface area contributed by atoms with Gasteiger partial charge in [-0.05, 0) is 30.6 Å². The topological polar surface area (TPSA) is 55.8 Å². The Morgan fingerprint density at radius 2 is 1.81 bits per heavy atom. The third-order valence-electron chi connectivity index (χ3n) is 4.81. The molecule has 0 radical (unpaired) electrons. The van der Waals surface area contributed by atoms with Gasteiger partial charge in [-0.15, -0.1) is 0 Å². The Morgan fingerprint density at radius 3 is 2.12 bits per heavy atom. The van der Waals surface area contributed by atoms with Gasteiger partial charge in [0.2, 0.25) is 0 Å². The van der Waals surface area contributed by atoms with Crippen LogP contribution in [0.15, 0.2) is 0 Å². The monoisotopic (exact) mass is 248 g/mol. The number of fused-ring (bicyclic) bond motifs is 2. The third-order valence-corrected chi connectivity index (χ3v) is 7.22. The van der Waals surface area contributed by atoms with E-state index in [4.69, 9.17) is 9.05 Å². The lowest BCUT2D eigenvalue weighted by Gasteiger charge is -2.37. The van der Waals surface area contributed by atoms with Crippen molar-refractivity contribution < 1.29 is 18.7 Å². The minimum atomic E-state index is -3.41. The Balaban J connectivity index is 2.40. The summed E-state index contributed by atoms with van der Waals surface area (Å²) in [5, 5.41) is 9.43. The predicted octanol–water partition coefficient (Wildman–Crippen LogP) is 2.62. The summed E-state index contributed by atoms with van der Waals surface area (Å²) in [7, 11) is -0.710. The SMILES string of the molecule is COP(=O)(OC)[C@@]1(O)C[C@H]2CC[C@@H]1C2(C)C. The fourth-order valence-corrected chi connectivity index (χ4v) is 5.86. The van der Waals surface area contributed by atoms with Crippen molar-refractivity contribution in [3.8, 4) is 0 Å². The fraction of sp³-hybridized carbons (Fsp3) is 1.00. The highest BCUT2D eigenvalue weighted by Gasteiger charge is 2.68. The van der Waals surface area contributed by atoms with Gasteiger partial charge in [-0.1, -0.05) is 13.8 Å². The van der Waals surface area contributed by atoms with Crippen LogP contribution >= 0.6 is 7.60 Å². The van der Waals surface area contributed by atoms with Gasteiger partial charge in [-0.3, -0.25) is 4.57 Å². The molecule has 0 heterocycles. The van der Waals surface area contributed by atoms with E-state index in [1.54, 1.807) is 0 Å². The first-order valence-corrected chi connectivity index (χ1v) is 7.30. The van der Waals surface area contributed by atoms with Crippen molar-refractivity contribution in [2.75, 3.05) is 14.2 Å². The van der Waals surface area contributed by atoms with Crippen molar-refractivity contribution in [1.82, 2.24) is 0 Å². The van der Waals surface area contributed by atoms with Crippen LogP contribution in [0.1, 0.15) is 33.1 Å². The van der Waals surface area contributed by atoms with Crippen molar-refractivity contribution in [3.63, 3.8) is 0 Å². The van der Waals surface area contributed by atoms with Gasteiger partial charge in [0.15, 0.2) is 5.34 Å². The zero-order valence-electron chi connectivity index (χ0n) is 10.4. The summed E-state index contributed by atoms with van der Waals surface area (Å²) in [6.07, 6.45) is 2.54. The molecule has 16 heavy (non-hydrogen) atoms. The quantitative estimate of drug-likeness (QED) is 0.780. The molecule has 3 atom stereocenters. The molecular formula is C11H21O4P. The molecule has 0 spiro atoms. The molecule has 5 heteroatoms. The van der Waals surface area contributed by atoms with Gasteiger partial charge in [0, 0.05) is 20.1 Å². The van der Waals surface area contributed by atoms with E-state index in [0.29, 0.717) is 12.3 Å². The molecular weight excluding hydrogens is 227 g/mol. The summed E-state index contributed by atoms with van der Waals surface area (Å²) >= 11 is 0. The predicted molar refractivity (Wildman–Crippen MR) is 61.2 cm³/mol. The van der Waals surface area contributed by atoms with E-state index in [1.807, 2.05) is 0 Å². The molecule has 2 bridgehead atoms. The van der Waals surface area contributed by atoms with E-state index in [2.05, 4.69) is 13.8 Å². The standard InChI is InChI=1S/C11H21O4P/c1-10(2)8-5-6-9(10)11(12,7-8)16(13,14-3)15-4/h8-9,12H,5-7H2,1-4H3/t8-,9-,11+/m1/s1. The van der Waals surface area contributed by atoms with E-state index in [0.717, 1.165) is 12.8 Å². The molecule has 0 unspecified atom stereocenters. The summed E-state index contributed by atoms with van der Waals surface area (Å²) in [5.74, 6) is 0.428. The van der Waals surface area contributed by atoms with Crippen molar-refractivity contribution in [3.05, 3.63) is 0 Å². The second-order valence-electron chi connectivity index (χ2n) is 5.59. The summed E-state index contributed by atoms with van der Waals surface area (Å²) in [5.41, 5.74) is 0.0292. The van der Waals surface area contributed by atoms with Gasteiger partial charge in [0.05, 0.1) is 0 Å². The molecule has 94 valence electrons. The molecule has 2 aliphatic carbocycles. The molecule has 2 fully saturated rings. The third kappa shape index (κ3) is 1.30. The van der Waals surface area contributed by atoms with Crippen molar-refractivity contribution >= 4 is 7.60 Å². The minimum Gasteiger partial charge on any atom is -0.377 e. The lowest BCUT2D eigenvalue weighted by molar-refractivity contribution is 0.0184. The maximum absolute atomic E-state index is 12.5. The van der Waals surface area contributed by atoms with Crippen LogP contribution in [0, 0.1) is 17.3 Å². The number of hydrogen-bond donors (Lipinski definition) is 1. The van der Waals surface area contributed by atoms with Gasteiger partial charge < -0.3 is 14.2 Å².